The van der Waals surface area contributed by atoms with E-state index in [0.717, 1.165) is 12.1 Å². The lowest BCUT2D eigenvalue weighted by Crippen LogP contribution is -2.14. The maximum Gasteiger partial charge on any atom is 0.258 e. The van der Waals surface area contributed by atoms with E-state index in [0.29, 0.717) is 5.69 Å². The van der Waals surface area contributed by atoms with Crippen LogP contribution in [0.15, 0.2) is 24.5 Å². The van der Waals surface area contributed by atoms with Gasteiger partial charge in [-0.15, -0.1) is 0 Å². The third-order valence-corrected chi connectivity index (χ3v) is 2.07. The van der Waals surface area contributed by atoms with Crippen LogP contribution in [0.25, 0.3) is 0 Å². The molecule has 0 aliphatic rings. The normalized spacial score (nSPS) is 10.2. The van der Waals surface area contributed by atoms with Crippen LogP contribution in [-0.4, -0.2) is 16.1 Å². The van der Waals surface area contributed by atoms with Crippen LogP contribution in [-0.2, 0) is 0 Å². The van der Waals surface area contributed by atoms with Crippen LogP contribution in [0.1, 0.15) is 10.4 Å². The van der Waals surface area contributed by atoms with Crippen molar-refractivity contribution >= 4 is 17.3 Å². The Morgan fingerprint density at radius 3 is 2.82 bits per heavy atom. The van der Waals surface area contributed by atoms with Crippen molar-refractivity contribution in [2.75, 3.05) is 11.1 Å². The Kier molecular flexibility index (Phi) is 2.73. The Morgan fingerprint density at radius 2 is 2.18 bits per heavy atom. The van der Waals surface area contributed by atoms with Crippen LogP contribution in [0.3, 0.4) is 0 Å². The minimum atomic E-state index is -0.951. The first kappa shape index (κ1) is 11.1. The van der Waals surface area contributed by atoms with Gasteiger partial charge in [-0.05, 0) is 12.1 Å². The standard InChI is InChI=1S/C10H8F2N4O/c11-5-1-7(9(12)8(13)2-5)10(17)16-6-3-14-15-4-6/h1-4H,13H2,(H,14,15)(H,16,17). The first-order valence-corrected chi connectivity index (χ1v) is 4.62. The number of amides is 1. The highest BCUT2D eigenvalue weighted by Gasteiger charge is 2.16. The minimum Gasteiger partial charge on any atom is -0.396 e. The zero-order chi connectivity index (χ0) is 12.4. The quantitative estimate of drug-likeness (QED) is 0.693. The van der Waals surface area contributed by atoms with Gasteiger partial charge in [0, 0.05) is 6.20 Å². The predicted molar refractivity (Wildman–Crippen MR) is 57.3 cm³/mol. The summed E-state index contributed by atoms with van der Waals surface area (Å²) in [6.07, 6.45) is 2.73. The van der Waals surface area contributed by atoms with Crippen LogP contribution in [0.4, 0.5) is 20.2 Å². The summed E-state index contributed by atoms with van der Waals surface area (Å²) in [5, 5.41) is 8.40. The Balaban J connectivity index is 2.31. The number of nitrogens with two attached hydrogens (primary N) is 1. The highest BCUT2D eigenvalue weighted by atomic mass is 19.1. The number of carbonyl (C=O) groups is 1. The van der Waals surface area contributed by atoms with Gasteiger partial charge in [0.2, 0.25) is 0 Å². The number of H-pyrrole nitrogens is 1. The molecular formula is C10H8F2N4O. The average molecular weight is 238 g/mol. The minimum absolute atomic E-state index is 0.345. The van der Waals surface area contributed by atoms with Crippen LogP contribution in [0.2, 0.25) is 0 Å². The second kappa shape index (κ2) is 4.20. The fraction of sp³-hybridized carbons (Fsp3) is 0. The van der Waals surface area contributed by atoms with E-state index in [1.807, 2.05) is 0 Å². The SMILES string of the molecule is Nc1cc(F)cc(C(=O)Nc2cn[nH]c2)c1F. The lowest BCUT2D eigenvalue weighted by atomic mass is 10.1. The molecule has 0 bridgehead atoms. The van der Waals surface area contributed by atoms with Crippen molar-refractivity contribution in [1.29, 1.82) is 0 Å². The number of carbonyl (C=O) groups excluding carboxylic acids is 1. The maximum absolute atomic E-state index is 13.5. The van der Waals surface area contributed by atoms with Crippen molar-refractivity contribution in [2.24, 2.45) is 0 Å². The van der Waals surface area contributed by atoms with Gasteiger partial charge in [-0.25, -0.2) is 8.78 Å². The molecule has 0 saturated carbocycles. The average Bonchev–Trinajstić information content (AvgIpc) is 2.76. The molecule has 1 amide bonds. The molecular weight excluding hydrogens is 230 g/mol. The Labute approximate surface area is 94.6 Å². The van der Waals surface area contributed by atoms with Gasteiger partial charge in [-0.2, -0.15) is 5.10 Å². The van der Waals surface area contributed by atoms with Crippen LogP contribution >= 0.6 is 0 Å². The fourth-order valence-electron chi connectivity index (χ4n) is 1.29. The molecule has 0 spiro atoms. The van der Waals surface area contributed by atoms with E-state index < -0.39 is 28.8 Å². The monoisotopic (exact) mass is 238 g/mol. The third kappa shape index (κ3) is 2.22. The summed E-state index contributed by atoms with van der Waals surface area (Å²) in [5.41, 5.74) is 4.69. The third-order valence-electron chi connectivity index (χ3n) is 2.07. The molecule has 17 heavy (non-hydrogen) atoms. The topological polar surface area (TPSA) is 83.8 Å². The zero-order valence-electron chi connectivity index (χ0n) is 8.50. The molecule has 7 heteroatoms. The lowest BCUT2D eigenvalue weighted by molar-refractivity contribution is 0.102. The number of nitrogen functional groups attached to an aromatic ring is 1. The van der Waals surface area contributed by atoms with Crippen LogP contribution < -0.4 is 11.1 Å². The number of hydrogen-bond acceptors (Lipinski definition) is 3. The van der Waals surface area contributed by atoms with E-state index in [2.05, 4.69) is 15.5 Å². The van der Waals surface area contributed by atoms with Crippen LogP contribution in [0, 0.1) is 11.6 Å². The second-order valence-electron chi connectivity index (χ2n) is 3.30. The molecule has 2 rings (SSSR count). The summed E-state index contributed by atoms with van der Waals surface area (Å²) < 4.78 is 26.5. The van der Waals surface area contributed by atoms with E-state index in [1.165, 1.54) is 12.4 Å². The second-order valence-corrected chi connectivity index (χ2v) is 3.30. The molecule has 1 heterocycles. The van der Waals surface area contributed by atoms with Gasteiger partial charge in [-0.1, -0.05) is 0 Å². The van der Waals surface area contributed by atoms with E-state index >= 15 is 0 Å². The molecule has 0 aliphatic heterocycles. The van der Waals surface area contributed by atoms with Crippen molar-refractivity contribution < 1.29 is 13.6 Å². The maximum atomic E-state index is 13.5. The number of anilines is 2. The molecule has 5 nitrogen and oxygen atoms in total. The molecule has 0 fully saturated rings. The summed E-state index contributed by atoms with van der Waals surface area (Å²) >= 11 is 0. The number of aromatic nitrogens is 2. The van der Waals surface area contributed by atoms with Gasteiger partial charge < -0.3 is 11.1 Å². The Bertz CT molecular complexity index is 554. The summed E-state index contributed by atoms with van der Waals surface area (Å²) in [5.74, 6) is -2.52. The van der Waals surface area contributed by atoms with Gasteiger partial charge in [0.25, 0.3) is 5.91 Å². The number of nitrogens with one attached hydrogen (secondary N) is 2. The smallest absolute Gasteiger partial charge is 0.258 e. The van der Waals surface area contributed by atoms with Crippen molar-refractivity contribution in [3.63, 3.8) is 0 Å². The van der Waals surface area contributed by atoms with Gasteiger partial charge in [-0.3, -0.25) is 9.89 Å². The number of nitrogens with zero attached hydrogens (tertiary/aromatic N) is 1. The number of rotatable bonds is 2. The molecule has 0 atom stereocenters. The zero-order valence-corrected chi connectivity index (χ0v) is 8.50. The molecule has 1 aromatic carbocycles. The number of benzene rings is 1. The molecule has 88 valence electrons. The summed E-state index contributed by atoms with van der Waals surface area (Å²) in [6.45, 7) is 0. The molecule has 0 aliphatic carbocycles. The van der Waals surface area contributed by atoms with E-state index in [1.54, 1.807) is 0 Å². The molecule has 4 N–H and O–H groups in total. The van der Waals surface area contributed by atoms with E-state index in [-0.39, 0.29) is 0 Å². The summed E-state index contributed by atoms with van der Waals surface area (Å²) in [6, 6.07) is 1.59. The van der Waals surface area contributed by atoms with Crippen molar-refractivity contribution in [2.45, 2.75) is 0 Å². The largest absolute Gasteiger partial charge is 0.396 e. The molecule has 1 aromatic heterocycles. The van der Waals surface area contributed by atoms with Crippen LogP contribution in [0.5, 0.6) is 0 Å². The summed E-state index contributed by atoms with van der Waals surface area (Å²) in [4.78, 5) is 11.6. The number of hydrogen-bond donors (Lipinski definition) is 3. The van der Waals surface area contributed by atoms with E-state index in [9.17, 15) is 13.6 Å². The first-order chi connectivity index (χ1) is 8.08. The Morgan fingerprint density at radius 1 is 1.41 bits per heavy atom. The fourth-order valence-corrected chi connectivity index (χ4v) is 1.29. The van der Waals surface area contributed by atoms with Crippen molar-refractivity contribution in [3.05, 3.63) is 41.7 Å². The highest BCUT2D eigenvalue weighted by Crippen LogP contribution is 2.18. The molecule has 2 aromatic rings. The van der Waals surface area contributed by atoms with Gasteiger partial charge in [0.15, 0.2) is 5.82 Å². The Hall–Kier alpha value is -2.44. The van der Waals surface area contributed by atoms with Gasteiger partial charge in [0.1, 0.15) is 5.82 Å². The van der Waals surface area contributed by atoms with Gasteiger partial charge in [0.05, 0.1) is 23.1 Å². The molecule has 0 saturated heterocycles. The van der Waals surface area contributed by atoms with Crippen molar-refractivity contribution in [1.82, 2.24) is 10.2 Å². The molecule has 0 radical (unpaired) electrons. The molecule has 0 unspecified atom stereocenters. The number of aromatic amines is 1. The predicted octanol–water partition coefficient (Wildman–Crippen LogP) is 1.52. The number of halogens is 2. The first-order valence-electron chi connectivity index (χ1n) is 4.62. The highest BCUT2D eigenvalue weighted by molar-refractivity contribution is 6.04. The van der Waals surface area contributed by atoms with Gasteiger partial charge >= 0.3 is 0 Å². The van der Waals surface area contributed by atoms with E-state index in [4.69, 9.17) is 5.73 Å². The van der Waals surface area contributed by atoms with Crippen molar-refractivity contribution in [3.8, 4) is 0 Å². The summed E-state index contributed by atoms with van der Waals surface area (Å²) in [7, 11) is 0. The lowest BCUT2D eigenvalue weighted by Gasteiger charge is -2.05.